The summed E-state index contributed by atoms with van der Waals surface area (Å²) < 4.78 is 0. The lowest BCUT2D eigenvalue weighted by Gasteiger charge is -2.13. The van der Waals surface area contributed by atoms with Crippen molar-refractivity contribution in [1.82, 2.24) is 0 Å². The molecule has 5 aromatic rings. The first-order chi connectivity index (χ1) is 15.4. The summed E-state index contributed by atoms with van der Waals surface area (Å²) in [5.41, 5.74) is 10.2. The minimum Gasteiger partial charge on any atom is -0.0622 e. The van der Waals surface area contributed by atoms with Crippen molar-refractivity contribution in [3.63, 3.8) is 0 Å². The highest BCUT2D eigenvalue weighted by atomic mass is 14.1. The van der Waals surface area contributed by atoms with Crippen LogP contribution in [0.15, 0.2) is 133 Å². The highest BCUT2D eigenvalue weighted by Gasteiger charge is 2.09. The topological polar surface area (TPSA) is 0 Å². The molecule has 0 heterocycles. The third kappa shape index (κ3) is 4.34. The quantitative estimate of drug-likeness (QED) is 0.280. The number of hydrogen-bond donors (Lipinski definition) is 0. The van der Waals surface area contributed by atoms with Crippen LogP contribution in [-0.2, 0) is 6.42 Å². The summed E-state index contributed by atoms with van der Waals surface area (Å²) in [5, 5.41) is 0. The average molecular weight is 397 g/mol. The van der Waals surface area contributed by atoms with Gasteiger partial charge in [0.15, 0.2) is 0 Å². The fourth-order valence-electron chi connectivity index (χ4n) is 4.11. The van der Waals surface area contributed by atoms with Gasteiger partial charge in [0.2, 0.25) is 0 Å². The molecule has 0 saturated heterocycles. The maximum atomic E-state index is 2.35. The summed E-state index contributed by atoms with van der Waals surface area (Å²) in [6.07, 6.45) is 0.921. The molecule has 0 radical (unpaired) electrons. The first kappa shape index (κ1) is 19.1. The molecule has 5 rings (SSSR count). The van der Waals surface area contributed by atoms with Crippen LogP contribution in [0, 0.1) is 0 Å². The van der Waals surface area contributed by atoms with Gasteiger partial charge in [0.05, 0.1) is 0 Å². The lowest BCUT2D eigenvalue weighted by molar-refractivity contribution is 1.19. The number of hydrogen-bond acceptors (Lipinski definition) is 0. The van der Waals surface area contributed by atoms with Gasteiger partial charge in [-0.1, -0.05) is 133 Å². The maximum Gasteiger partial charge on any atom is -0.00255 e. The van der Waals surface area contributed by atoms with E-state index in [1.807, 2.05) is 0 Å². The Bertz CT molecular complexity index is 1250. The smallest absolute Gasteiger partial charge is 0.00255 e. The zero-order chi connectivity index (χ0) is 20.9. The second-order valence-electron chi connectivity index (χ2n) is 7.85. The molecule has 0 amide bonds. The molecule has 0 fully saturated rings. The van der Waals surface area contributed by atoms with Crippen LogP contribution in [0.25, 0.3) is 33.4 Å². The van der Waals surface area contributed by atoms with E-state index < -0.39 is 0 Å². The van der Waals surface area contributed by atoms with Crippen molar-refractivity contribution < 1.29 is 0 Å². The molecule has 0 spiro atoms. The van der Waals surface area contributed by atoms with Gasteiger partial charge >= 0.3 is 0 Å². The van der Waals surface area contributed by atoms with E-state index in [0.717, 1.165) is 6.42 Å². The lowest BCUT2D eigenvalue weighted by Crippen LogP contribution is -1.92. The van der Waals surface area contributed by atoms with Gasteiger partial charge in [-0.2, -0.15) is 0 Å². The zero-order valence-electron chi connectivity index (χ0n) is 17.4. The van der Waals surface area contributed by atoms with Gasteiger partial charge in [0.25, 0.3) is 0 Å². The summed E-state index contributed by atoms with van der Waals surface area (Å²) in [5.74, 6) is 0. The Balaban J connectivity index is 1.48. The Morgan fingerprint density at radius 3 is 1.35 bits per heavy atom. The van der Waals surface area contributed by atoms with E-state index in [1.54, 1.807) is 0 Å². The molecule has 0 nitrogen and oxygen atoms in total. The molecule has 0 bridgehead atoms. The molecule has 0 aliphatic rings. The minimum atomic E-state index is 0.921. The standard InChI is InChI=1S/C31H24/c1-4-10-26(11-5-1)27-19-16-24(17-20-27)22-25-18-21-30(28-12-6-2-7-13-28)31(23-25)29-14-8-3-9-15-29/h1-21,23H,22H2. The van der Waals surface area contributed by atoms with Gasteiger partial charge in [0, 0.05) is 0 Å². The molecule has 0 heteroatoms. The highest BCUT2D eigenvalue weighted by Crippen LogP contribution is 2.33. The van der Waals surface area contributed by atoms with Crippen LogP contribution in [0.2, 0.25) is 0 Å². The van der Waals surface area contributed by atoms with Crippen LogP contribution in [0.1, 0.15) is 11.1 Å². The van der Waals surface area contributed by atoms with Gasteiger partial charge in [0.1, 0.15) is 0 Å². The van der Waals surface area contributed by atoms with Crippen molar-refractivity contribution in [2.45, 2.75) is 6.42 Å². The van der Waals surface area contributed by atoms with E-state index in [4.69, 9.17) is 0 Å². The van der Waals surface area contributed by atoms with E-state index in [9.17, 15) is 0 Å². The van der Waals surface area contributed by atoms with Crippen molar-refractivity contribution >= 4 is 0 Å². The monoisotopic (exact) mass is 396 g/mol. The molecule has 0 atom stereocenters. The normalized spacial score (nSPS) is 10.7. The van der Waals surface area contributed by atoms with E-state index >= 15 is 0 Å². The molecule has 0 N–H and O–H groups in total. The lowest BCUT2D eigenvalue weighted by atomic mass is 9.91. The zero-order valence-corrected chi connectivity index (χ0v) is 17.4. The van der Waals surface area contributed by atoms with Gasteiger partial charge in [-0.3, -0.25) is 0 Å². The summed E-state index contributed by atoms with van der Waals surface area (Å²) >= 11 is 0. The molecule has 31 heavy (non-hydrogen) atoms. The molecule has 0 aromatic heterocycles. The summed E-state index contributed by atoms with van der Waals surface area (Å²) in [6.45, 7) is 0. The second kappa shape index (κ2) is 8.85. The fraction of sp³-hybridized carbons (Fsp3) is 0.0323. The Morgan fingerprint density at radius 1 is 0.323 bits per heavy atom. The van der Waals surface area contributed by atoms with Crippen molar-refractivity contribution in [1.29, 1.82) is 0 Å². The third-order valence-corrected chi connectivity index (χ3v) is 5.72. The minimum absolute atomic E-state index is 0.921. The van der Waals surface area contributed by atoms with Crippen molar-refractivity contribution in [3.8, 4) is 33.4 Å². The number of benzene rings is 5. The van der Waals surface area contributed by atoms with Gasteiger partial charge < -0.3 is 0 Å². The van der Waals surface area contributed by atoms with E-state index in [-0.39, 0.29) is 0 Å². The first-order valence-corrected chi connectivity index (χ1v) is 10.7. The Kier molecular flexibility index (Phi) is 5.45. The SMILES string of the molecule is c1ccc(-c2ccc(Cc3ccc(-c4ccccc4)c(-c4ccccc4)c3)cc2)cc1. The fourth-order valence-corrected chi connectivity index (χ4v) is 4.11. The summed E-state index contributed by atoms with van der Waals surface area (Å²) in [7, 11) is 0. The molecule has 5 aromatic carbocycles. The van der Waals surface area contributed by atoms with Crippen LogP contribution in [0.3, 0.4) is 0 Å². The predicted octanol–water partition coefficient (Wildman–Crippen LogP) is 8.28. The van der Waals surface area contributed by atoms with Crippen LogP contribution >= 0.6 is 0 Å². The first-order valence-electron chi connectivity index (χ1n) is 10.7. The molecule has 0 saturated carbocycles. The second-order valence-corrected chi connectivity index (χ2v) is 7.85. The third-order valence-electron chi connectivity index (χ3n) is 5.72. The molecule has 0 aliphatic heterocycles. The Hall–Kier alpha value is -3.90. The molecule has 148 valence electrons. The van der Waals surface area contributed by atoms with E-state index in [0.29, 0.717) is 0 Å². The molecule has 0 aliphatic carbocycles. The Morgan fingerprint density at radius 2 is 0.774 bits per heavy atom. The van der Waals surface area contributed by atoms with Crippen LogP contribution in [0.5, 0.6) is 0 Å². The van der Waals surface area contributed by atoms with Gasteiger partial charge in [-0.15, -0.1) is 0 Å². The molecule has 0 unspecified atom stereocenters. The largest absolute Gasteiger partial charge is 0.0622 e. The number of rotatable bonds is 5. The van der Waals surface area contributed by atoms with Gasteiger partial charge in [-0.05, 0) is 50.9 Å². The highest BCUT2D eigenvalue weighted by molar-refractivity contribution is 5.84. The van der Waals surface area contributed by atoms with E-state index in [1.165, 1.54) is 44.5 Å². The predicted molar refractivity (Wildman–Crippen MR) is 132 cm³/mol. The Labute approximate surface area is 184 Å². The molecular weight excluding hydrogens is 372 g/mol. The average Bonchev–Trinajstić information content (AvgIpc) is 2.86. The van der Waals surface area contributed by atoms with Gasteiger partial charge in [-0.25, -0.2) is 0 Å². The van der Waals surface area contributed by atoms with Crippen LogP contribution < -0.4 is 0 Å². The van der Waals surface area contributed by atoms with Crippen LogP contribution in [-0.4, -0.2) is 0 Å². The van der Waals surface area contributed by atoms with Crippen molar-refractivity contribution in [3.05, 3.63) is 145 Å². The maximum absolute atomic E-state index is 2.35. The van der Waals surface area contributed by atoms with Crippen molar-refractivity contribution in [2.75, 3.05) is 0 Å². The molecular formula is C31H24. The van der Waals surface area contributed by atoms with Crippen molar-refractivity contribution in [2.24, 2.45) is 0 Å². The summed E-state index contributed by atoms with van der Waals surface area (Å²) in [6, 6.07) is 47.7. The van der Waals surface area contributed by atoms with Crippen LogP contribution in [0.4, 0.5) is 0 Å². The van der Waals surface area contributed by atoms with E-state index in [2.05, 4.69) is 133 Å². The summed E-state index contributed by atoms with van der Waals surface area (Å²) in [4.78, 5) is 0.